The molecular formula is C20H13ClN2O4S. The number of aromatic nitrogens is 1. The number of methoxy groups -OCH3 is 1. The van der Waals surface area contributed by atoms with E-state index in [-0.39, 0.29) is 5.56 Å². The molecule has 0 saturated carbocycles. The number of thiazole rings is 1. The molecule has 6 nitrogen and oxygen atoms in total. The second-order valence-corrected chi connectivity index (χ2v) is 7.14. The molecule has 28 heavy (non-hydrogen) atoms. The van der Waals surface area contributed by atoms with Crippen LogP contribution in [0.1, 0.15) is 10.4 Å². The maximum atomic E-state index is 12.6. The van der Waals surface area contributed by atoms with Crippen LogP contribution < -0.4 is 15.7 Å². The minimum absolute atomic E-state index is 0.107. The van der Waals surface area contributed by atoms with E-state index in [1.165, 1.54) is 24.5 Å². The van der Waals surface area contributed by atoms with E-state index in [9.17, 15) is 9.59 Å². The Morgan fingerprint density at radius 2 is 1.96 bits per heavy atom. The zero-order valence-electron chi connectivity index (χ0n) is 14.6. The lowest BCUT2D eigenvalue weighted by Gasteiger charge is -2.04. The maximum Gasteiger partial charge on any atom is 0.349 e. The van der Waals surface area contributed by atoms with Gasteiger partial charge in [-0.25, -0.2) is 9.78 Å². The molecule has 0 atom stereocenters. The van der Waals surface area contributed by atoms with Crippen molar-refractivity contribution in [3.63, 3.8) is 0 Å². The van der Waals surface area contributed by atoms with Gasteiger partial charge in [0.25, 0.3) is 5.91 Å². The van der Waals surface area contributed by atoms with Crippen molar-refractivity contribution >= 4 is 44.9 Å². The Hall–Kier alpha value is -3.16. The van der Waals surface area contributed by atoms with Crippen LogP contribution in [-0.4, -0.2) is 18.0 Å². The summed E-state index contributed by atoms with van der Waals surface area (Å²) in [6, 6.07) is 13.7. The standard InChI is InChI=1S/C20H13ClN2O4S/c1-26-14-6-7-17-12(8-14)9-15(19(25)27-17)18(24)23-20-22-16(10-28-20)11-2-4-13(21)5-3-11/h2-10H,1H3,(H,22,23,24). The van der Waals surface area contributed by atoms with Crippen molar-refractivity contribution in [2.24, 2.45) is 0 Å². The Labute approximate surface area is 168 Å². The van der Waals surface area contributed by atoms with Gasteiger partial charge in [0, 0.05) is 21.4 Å². The number of nitrogens with zero attached hydrogens (tertiary/aromatic N) is 1. The van der Waals surface area contributed by atoms with Crippen LogP contribution in [0.5, 0.6) is 5.75 Å². The van der Waals surface area contributed by atoms with Crippen LogP contribution in [0.2, 0.25) is 5.02 Å². The van der Waals surface area contributed by atoms with E-state index < -0.39 is 11.5 Å². The number of nitrogens with one attached hydrogen (secondary N) is 1. The number of ether oxygens (including phenoxy) is 1. The van der Waals surface area contributed by atoms with Crippen LogP contribution in [0.4, 0.5) is 5.13 Å². The molecular weight excluding hydrogens is 400 g/mol. The van der Waals surface area contributed by atoms with Gasteiger partial charge >= 0.3 is 5.63 Å². The minimum Gasteiger partial charge on any atom is -0.497 e. The van der Waals surface area contributed by atoms with Crippen molar-refractivity contribution in [1.29, 1.82) is 0 Å². The zero-order chi connectivity index (χ0) is 19.7. The Morgan fingerprint density at radius 1 is 1.18 bits per heavy atom. The molecule has 0 bridgehead atoms. The van der Waals surface area contributed by atoms with Gasteiger partial charge in [-0.1, -0.05) is 23.7 Å². The van der Waals surface area contributed by atoms with Gasteiger partial charge in [-0.3, -0.25) is 10.1 Å². The molecule has 0 aliphatic heterocycles. The van der Waals surface area contributed by atoms with E-state index in [0.29, 0.717) is 32.6 Å². The summed E-state index contributed by atoms with van der Waals surface area (Å²) in [6.07, 6.45) is 0. The average Bonchev–Trinajstić information content (AvgIpc) is 3.16. The van der Waals surface area contributed by atoms with E-state index in [0.717, 1.165) is 5.56 Å². The smallest absolute Gasteiger partial charge is 0.349 e. The van der Waals surface area contributed by atoms with E-state index in [1.54, 1.807) is 30.3 Å². The fraction of sp³-hybridized carbons (Fsp3) is 0.0500. The summed E-state index contributed by atoms with van der Waals surface area (Å²) >= 11 is 7.15. The monoisotopic (exact) mass is 412 g/mol. The molecule has 4 aromatic rings. The second-order valence-electron chi connectivity index (χ2n) is 5.85. The molecule has 2 heterocycles. The summed E-state index contributed by atoms with van der Waals surface area (Å²) in [6.45, 7) is 0. The number of amides is 1. The van der Waals surface area contributed by atoms with E-state index in [4.69, 9.17) is 20.8 Å². The first-order valence-corrected chi connectivity index (χ1v) is 9.44. The molecule has 2 aromatic carbocycles. The molecule has 140 valence electrons. The lowest BCUT2D eigenvalue weighted by molar-refractivity contribution is 0.102. The molecule has 0 aliphatic rings. The van der Waals surface area contributed by atoms with Crippen molar-refractivity contribution < 1.29 is 13.9 Å². The van der Waals surface area contributed by atoms with Crippen LogP contribution in [0, 0.1) is 0 Å². The van der Waals surface area contributed by atoms with Crippen LogP contribution >= 0.6 is 22.9 Å². The van der Waals surface area contributed by atoms with Crippen molar-refractivity contribution in [2.75, 3.05) is 12.4 Å². The highest BCUT2D eigenvalue weighted by Gasteiger charge is 2.16. The number of benzene rings is 2. The fourth-order valence-electron chi connectivity index (χ4n) is 2.64. The van der Waals surface area contributed by atoms with Gasteiger partial charge < -0.3 is 9.15 Å². The largest absolute Gasteiger partial charge is 0.497 e. The average molecular weight is 413 g/mol. The first-order chi connectivity index (χ1) is 13.5. The molecule has 8 heteroatoms. The highest BCUT2D eigenvalue weighted by atomic mass is 35.5. The number of hydrogen-bond donors (Lipinski definition) is 1. The van der Waals surface area contributed by atoms with E-state index >= 15 is 0 Å². The second kappa shape index (κ2) is 7.46. The van der Waals surface area contributed by atoms with Crippen LogP contribution in [-0.2, 0) is 0 Å². The molecule has 0 spiro atoms. The minimum atomic E-state index is -0.718. The summed E-state index contributed by atoms with van der Waals surface area (Å²) in [5, 5.41) is 6.05. The van der Waals surface area contributed by atoms with Gasteiger partial charge in [-0.2, -0.15) is 0 Å². The Bertz CT molecular complexity index is 1230. The van der Waals surface area contributed by atoms with Gasteiger partial charge in [0.1, 0.15) is 16.9 Å². The molecule has 0 saturated heterocycles. The van der Waals surface area contributed by atoms with Gasteiger partial charge in [-0.15, -0.1) is 11.3 Å². The molecule has 0 aliphatic carbocycles. The molecule has 4 rings (SSSR count). The lowest BCUT2D eigenvalue weighted by Crippen LogP contribution is -2.20. The Balaban J connectivity index is 1.61. The van der Waals surface area contributed by atoms with Gasteiger partial charge in [0.15, 0.2) is 5.13 Å². The number of anilines is 1. The SMILES string of the molecule is COc1ccc2oc(=O)c(C(=O)Nc3nc(-c4ccc(Cl)cc4)cs3)cc2c1. The maximum absolute atomic E-state index is 12.6. The molecule has 1 amide bonds. The molecule has 0 unspecified atom stereocenters. The van der Waals surface area contributed by atoms with Crippen molar-refractivity contribution in [1.82, 2.24) is 4.98 Å². The summed E-state index contributed by atoms with van der Waals surface area (Å²) in [4.78, 5) is 29.1. The van der Waals surface area contributed by atoms with Crippen LogP contribution in [0.15, 0.2) is 63.1 Å². The van der Waals surface area contributed by atoms with Gasteiger partial charge in [0.05, 0.1) is 12.8 Å². The number of hydrogen-bond acceptors (Lipinski definition) is 6. The predicted octanol–water partition coefficient (Wildman–Crippen LogP) is 4.83. The first kappa shape index (κ1) is 18.2. The third-order valence-electron chi connectivity index (χ3n) is 4.05. The predicted molar refractivity (Wildman–Crippen MR) is 110 cm³/mol. The van der Waals surface area contributed by atoms with Crippen molar-refractivity contribution in [3.05, 3.63) is 74.9 Å². The number of rotatable bonds is 4. The van der Waals surface area contributed by atoms with Gasteiger partial charge in [0.2, 0.25) is 0 Å². The third-order valence-corrected chi connectivity index (χ3v) is 5.06. The normalized spacial score (nSPS) is 10.8. The quantitative estimate of drug-likeness (QED) is 0.485. The van der Waals surface area contributed by atoms with E-state index in [2.05, 4.69) is 10.3 Å². The number of halogens is 1. The van der Waals surface area contributed by atoms with E-state index in [1.807, 2.05) is 17.5 Å². The Kier molecular flexibility index (Phi) is 4.85. The first-order valence-electron chi connectivity index (χ1n) is 8.18. The zero-order valence-corrected chi connectivity index (χ0v) is 16.1. The highest BCUT2D eigenvalue weighted by Crippen LogP contribution is 2.26. The molecule has 1 N–H and O–H groups in total. The number of carbonyl (C=O) groups is 1. The molecule has 0 fully saturated rings. The topological polar surface area (TPSA) is 81.4 Å². The third kappa shape index (κ3) is 3.62. The number of fused-ring (bicyclic) bond motifs is 1. The summed E-state index contributed by atoms with van der Waals surface area (Å²) in [5.74, 6) is 0.00992. The Morgan fingerprint density at radius 3 is 2.71 bits per heavy atom. The van der Waals surface area contributed by atoms with Gasteiger partial charge in [-0.05, 0) is 36.4 Å². The number of carbonyl (C=O) groups excluding carboxylic acids is 1. The lowest BCUT2D eigenvalue weighted by atomic mass is 10.1. The highest BCUT2D eigenvalue weighted by molar-refractivity contribution is 7.14. The molecule has 0 radical (unpaired) electrons. The fourth-order valence-corrected chi connectivity index (χ4v) is 3.48. The molecule has 2 aromatic heterocycles. The van der Waals surface area contributed by atoms with Crippen molar-refractivity contribution in [3.8, 4) is 17.0 Å². The van der Waals surface area contributed by atoms with Crippen molar-refractivity contribution in [2.45, 2.75) is 0 Å². The van der Waals surface area contributed by atoms with Crippen LogP contribution in [0.3, 0.4) is 0 Å². The summed E-state index contributed by atoms with van der Waals surface area (Å²) < 4.78 is 10.4. The summed E-state index contributed by atoms with van der Waals surface area (Å²) in [7, 11) is 1.54. The van der Waals surface area contributed by atoms with Crippen LogP contribution in [0.25, 0.3) is 22.2 Å². The summed E-state index contributed by atoms with van der Waals surface area (Å²) in [5.41, 5.74) is 1.13.